The molecule has 0 heterocycles. The van der Waals surface area contributed by atoms with Crippen LogP contribution in [0.1, 0.15) is 39.4 Å². The van der Waals surface area contributed by atoms with Gasteiger partial charge in [0.25, 0.3) is 0 Å². The predicted octanol–water partition coefficient (Wildman–Crippen LogP) is 0.777. The highest BCUT2D eigenvalue weighted by Gasteiger charge is 2.42. The van der Waals surface area contributed by atoms with Gasteiger partial charge in [-0.2, -0.15) is 0 Å². The van der Waals surface area contributed by atoms with Crippen LogP contribution in [0.3, 0.4) is 0 Å². The number of ketones is 1. The SMILES string of the molecule is O=C(O)CC1c2c(cc(O)c(O)c2O)C(=O)c2c(O)c(O)c(O)c(O)c21. The van der Waals surface area contributed by atoms with Crippen LogP contribution in [0.25, 0.3) is 0 Å². The van der Waals surface area contributed by atoms with Gasteiger partial charge in [0.15, 0.2) is 28.8 Å². The van der Waals surface area contributed by atoms with Gasteiger partial charge in [0, 0.05) is 22.6 Å². The maximum Gasteiger partial charge on any atom is 0.304 e. The van der Waals surface area contributed by atoms with Gasteiger partial charge in [-0.15, -0.1) is 0 Å². The number of aromatic hydroxyl groups is 7. The first-order valence-electron chi connectivity index (χ1n) is 7.11. The number of carbonyl (C=O) groups is 2. The molecule has 10 nitrogen and oxygen atoms in total. The molecule has 10 heteroatoms. The average Bonchev–Trinajstić information content (AvgIpc) is 2.57. The molecular formula is C16H12O10. The number of fused-ring (bicyclic) bond motifs is 2. The quantitative estimate of drug-likeness (QED) is 0.278. The Bertz CT molecular complexity index is 992. The number of carboxylic acids is 1. The molecule has 3 rings (SSSR count). The molecule has 0 spiro atoms. The third kappa shape index (κ3) is 2.05. The molecule has 136 valence electrons. The van der Waals surface area contributed by atoms with Crippen molar-refractivity contribution in [3.8, 4) is 40.2 Å². The minimum Gasteiger partial charge on any atom is -0.504 e. The maximum absolute atomic E-state index is 12.7. The van der Waals surface area contributed by atoms with Gasteiger partial charge in [-0.3, -0.25) is 9.59 Å². The van der Waals surface area contributed by atoms with Crippen LogP contribution in [-0.2, 0) is 4.79 Å². The smallest absolute Gasteiger partial charge is 0.304 e. The number of rotatable bonds is 2. The third-order valence-electron chi connectivity index (χ3n) is 4.27. The largest absolute Gasteiger partial charge is 0.504 e. The number of hydrogen-bond acceptors (Lipinski definition) is 9. The van der Waals surface area contributed by atoms with Crippen molar-refractivity contribution in [3.63, 3.8) is 0 Å². The minimum atomic E-state index is -1.49. The van der Waals surface area contributed by atoms with E-state index in [4.69, 9.17) is 5.11 Å². The molecule has 0 radical (unpaired) electrons. The number of benzene rings is 2. The van der Waals surface area contributed by atoms with Crippen molar-refractivity contribution in [1.82, 2.24) is 0 Å². The van der Waals surface area contributed by atoms with Crippen molar-refractivity contribution in [3.05, 3.63) is 28.3 Å². The summed E-state index contributed by atoms with van der Waals surface area (Å²) in [4.78, 5) is 23.9. The Morgan fingerprint density at radius 1 is 0.808 bits per heavy atom. The number of phenols is 7. The summed E-state index contributed by atoms with van der Waals surface area (Å²) in [7, 11) is 0. The summed E-state index contributed by atoms with van der Waals surface area (Å²) < 4.78 is 0. The summed E-state index contributed by atoms with van der Waals surface area (Å²) in [6, 6.07) is 0.755. The van der Waals surface area contributed by atoms with Crippen LogP contribution in [0.4, 0.5) is 0 Å². The van der Waals surface area contributed by atoms with Crippen molar-refractivity contribution in [1.29, 1.82) is 0 Å². The van der Waals surface area contributed by atoms with Crippen LogP contribution >= 0.6 is 0 Å². The molecule has 8 N–H and O–H groups in total. The highest BCUT2D eigenvalue weighted by atomic mass is 16.4. The Morgan fingerprint density at radius 2 is 1.35 bits per heavy atom. The number of carbonyl (C=O) groups excluding carboxylic acids is 1. The topological polar surface area (TPSA) is 196 Å². The predicted molar refractivity (Wildman–Crippen MR) is 82.1 cm³/mol. The summed E-state index contributed by atoms with van der Waals surface area (Å²) in [5.74, 6) is -11.4. The second-order valence-corrected chi connectivity index (χ2v) is 5.72. The Hall–Kier alpha value is -3.82. The zero-order chi connectivity index (χ0) is 19.5. The summed E-state index contributed by atoms with van der Waals surface area (Å²) in [5.41, 5.74) is -2.10. The molecule has 0 saturated heterocycles. The fourth-order valence-electron chi connectivity index (χ4n) is 3.14. The summed E-state index contributed by atoms with van der Waals surface area (Å²) in [5, 5.41) is 78.2. The first-order chi connectivity index (χ1) is 12.1. The fraction of sp³-hybridized carbons (Fsp3) is 0.125. The number of carboxylic acid groups (broad SMARTS) is 1. The van der Waals surface area contributed by atoms with E-state index < -0.39 is 86.6 Å². The van der Waals surface area contributed by atoms with Crippen molar-refractivity contribution in [2.24, 2.45) is 0 Å². The van der Waals surface area contributed by atoms with Crippen LogP contribution in [0, 0.1) is 0 Å². The number of hydrogen-bond donors (Lipinski definition) is 8. The molecular weight excluding hydrogens is 352 g/mol. The third-order valence-corrected chi connectivity index (χ3v) is 4.27. The van der Waals surface area contributed by atoms with Gasteiger partial charge in [-0.05, 0) is 6.07 Å². The molecule has 0 fully saturated rings. The Balaban J connectivity index is 2.48. The number of aliphatic carboxylic acids is 1. The summed E-state index contributed by atoms with van der Waals surface area (Å²) >= 11 is 0. The van der Waals surface area contributed by atoms with Crippen LogP contribution < -0.4 is 0 Å². The van der Waals surface area contributed by atoms with Gasteiger partial charge < -0.3 is 40.9 Å². The Kier molecular flexibility index (Phi) is 3.50. The molecule has 1 aliphatic rings. The molecule has 1 atom stereocenters. The highest BCUT2D eigenvalue weighted by molar-refractivity contribution is 6.16. The van der Waals surface area contributed by atoms with Crippen molar-refractivity contribution in [2.75, 3.05) is 0 Å². The molecule has 1 unspecified atom stereocenters. The van der Waals surface area contributed by atoms with Crippen molar-refractivity contribution >= 4 is 11.8 Å². The minimum absolute atomic E-state index is 0.417. The molecule has 0 aromatic heterocycles. The second-order valence-electron chi connectivity index (χ2n) is 5.72. The molecule has 0 amide bonds. The molecule has 0 bridgehead atoms. The Morgan fingerprint density at radius 3 is 1.92 bits per heavy atom. The second kappa shape index (κ2) is 5.34. The van der Waals surface area contributed by atoms with Crippen LogP contribution in [0.5, 0.6) is 40.2 Å². The summed E-state index contributed by atoms with van der Waals surface area (Å²) in [6.07, 6.45) is -0.817. The first kappa shape index (κ1) is 17.0. The van der Waals surface area contributed by atoms with Crippen molar-refractivity contribution < 1.29 is 50.4 Å². The standard InChI is InChI=1S/C16H12O10/c17-5-1-4-7(12(22)11(5)21)3(2-6(18)19)8-9(10(4)20)14(24)16(26)15(25)13(8)23/h1,3,17,21-26H,2H2,(H,18,19). The van der Waals surface area contributed by atoms with Crippen LogP contribution in [-0.4, -0.2) is 52.6 Å². The lowest BCUT2D eigenvalue weighted by atomic mass is 9.74. The van der Waals surface area contributed by atoms with Gasteiger partial charge in [0.2, 0.25) is 17.2 Å². The number of phenolic OH excluding ortho intramolecular Hbond substituents is 7. The van der Waals surface area contributed by atoms with Gasteiger partial charge >= 0.3 is 5.97 Å². The summed E-state index contributed by atoms with van der Waals surface area (Å²) in [6.45, 7) is 0. The lowest BCUT2D eigenvalue weighted by Crippen LogP contribution is -2.22. The fourth-order valence-corrected chi connectivity index (χ4v) is 3.14. The van der Waals surface area contributed by atoms with Gasteiger partial charge in [-0.1, -0.05) is 0 Å². The van der Waals surface area contributed by atoms with E-state index in [1.807, 2.05) is 0 Å². The van der Waals surface area contributed by atoms with Gasteiger partial charge in [0.1, 0.15) is 0 Å². The van der Waals surface area contributed by atoms with E-state index in [1.54, 1.807) is 0 Å². The maximum atomic E-state index is 12.7. The van der Waals surface area contributed by atoms with Crippen LogP contribution in [0.2, 0.25) is 0 Å². The van der Waals surface area contributed by atoms with Crippen LogP contribution in [0.15, 0.2) is 6.07 Å². The van der Waals surface area contributed by atoms with E-state index in [2.05, 4.69) is 0 Å². The van der Waals surface area contributed by atoms with E-state index in [0.29, 0.717) is 0 Å². The van der Waals surface area contributed by atoms with E-state index in [0.717, 1.165) is 6.07 Å². The highest BCUT2D eigenvalue weighted by Crippen LogP contribution is 2.57. The molecule has 2 aromatic carbocycles. The van der Waals surface area contributed by atoms with E-state index in [-0.39, 0.29) is 0 Å². The lowest BCUT2D eigenvalue weighted by molar-refractivity contribution is -0.137. The average molecular weight is 364 g/mol. The van der Waals surface area contributed by atoms with Crippen molar-refractivity contribution in [2.45, 2.75) is 12.3 Å². The van der Waals surface area contributed by atoms with Gasteiger partial charge in [0.05, 0.1) is 12.0 Å². The molecule has 0 saturated carbocycles. The lowest BCUT2D eigenvalue weighted by Gasteiger charge is -2.29. The van der Waals surface area contributed by atoms with E-state index >= 15 is 0 Å². The molecule has 2 aromatic rings. The zero-order valence-corrected chi connectivity index (χ0v) is 12.8. The monoisotopic (exact) mass is 364 g/mol. The van der Waals surface area contributed by atoms with E-state index in [1.165, 1.54) is 0 Å². The van der Waals surface area contributed by atoms with Gasteiger partial charge in [-0.25, -0.2) is 0 Å². The van der Waals surface area contributed by atoms with E-state index in [9.17, 15) is 45.3 Å². The first-order valence-corrected chi connectivity index (χ1v) is 7.11. The zero-order valence-electron chi connectivity index (χ0n) is 12.8. The molecule has 26 heavy (non-hydrogen) atoms. The Labute approximate surface area is 144 Å². The normalized spacial score (nSPS) is 15.4. The molecule has 1 aliphatic carbocycles. The molecule has 0 aliphatic heterocycles.